The number of anilines is 2. The van der Waals surface area contributed by atoms with E-state index in [4.69, 9.17) is 16.0 Å². The molecule has 0 fully saturated rings. The molecule has 4 rings (SSSR count). The topological polar surface area (TPSA) is 51.0 Å². The van der Waals surface area contributed by atoms with Crippen LogP contribution in [-0.2, 0) is 0 Å². The Morgan fingerprint density at radius 1 is 1.04 bits per heavy atom. The van der Waals surface area contributed by atoms with Crippen molar-refractivity contribution in [3.63, 3.8) is 0 Å². The van der Waals surface area contributed by atoms with E-state index >= 15 is 0 Å². The highest BCUT2D eigenvalue weighted by Crippen LogP contribution is 2.41. The van der Waals surface area contributed by atoms with Crippen LogP contribution in [0, 0.1) is 6.92 Å². The quantitative estimate of drug-likeness (QED) is 0.522. The Balaban J connectivity index is 1.66. The van der Waals surface area contributed by atoms with Crippen LogP contribution in [0.2, 0.25) is 5.02 Å². The van der Waals surface area contributed by atoms with E-state index in [1.807, 2.05) is 55.5 Å². The smallest absolute Gasteiger partial charge is 0.320 e. The van der Waals surface area contributed by atoms with Crippen molar-refractivity contribution in [2.24, 2.45) is 0 Å². The van der Waals surface area contributed by atoms with Crippen molar-refractivity contribution in [1.82, 2.24) is 10.2 Å². The first-order valence-corrected chi connectivity index (χ1v) is 8.25. The molecule has 0 aliphatic heterocycles. The van der Waals surface area contributed by atoms with E-state index < -0.39 is 0 Å². The van der Waals surface area contributed by atoms with Crippen LogP contribution < -0.4 is 5.32 Å². The number of thiophene rings is 1. The number of halogens is 1. The number of aromatic nitrogens is 2. The molecule has 0 saturated carbocycles. The van der Waals surface area contributed by atoms with Crippen LogP contribution in [0.25, 0.3) is 20.9 Å². The Kier molecular flexibility index (Phi) is 3.52. The van der Waals surface area contributed by atoms with Gasteiger partial charge in [-0.25, -0.2) is 0 Å². The number of hydrogen-bond donors (Lipinski definition) is 1. The highest BCUT2D eigenvalue weighted by atomic mass is 35.5. The highest BCUT2D eigenvalue weighted by Gasteiger charge is 2.17. The van der Waals surface area contributed by atoms with Gasteiger partial charge in [0.25, 0.3) is 5.89 Å². The van der Waals surface area contributed by atoms with E-state index in [-0.39, 0.29) is 0 Å². The molecule has 0 spiro atoms. The zero-order valence-electron chi connectivity index (χ0n) is 12.2. The maximum absolute atomic E-state index is 6.44. The number of hydrogen-bond acceptors (Lipinski definition) is 5. The summed E-state index contributed by atoms with van der Waals surface area (Å²) in [6.45, 7) is 2.04. The summed E-state index contributed by atoms with van der Waals surface area (Å²) in [5, 5.41) is 12.9. The number of benzene rings is 2. The lowest BCUT2D eigenvalue weighted by atomic mass is 10.2. The predicted molar refractivity (Wildman–Crippen MR) is 94.6 cm³/mol. The molecule has 2 aromatic carbocycles. The van der Waals surface area contributed by atoms with Crippen LogP contribution in [0.15, 0.2) is 52.9 Å². The van der Waals surface area contributed by atoms with Gasteiger partial charge < -0.3 is 9.73 Å². The largest absolute Gasteiger partial charge is 0.402 e. The molecule has 1 N–H and O–H groups in total. The van der Waals surface area contributed by atoms with Crippen molar-refractivity contribution < 1.29 is 4.42 Å². The molecule has 0 atom stereocenters. The Morgan fingerprint density at radius 3 is 2.61 bits per heavy atom. The minimum Gasteiger partial charge on any atom is -0.402 e. The number of fused-ring (bicyclic) bond motifs is 1. The van der Waals surface area contributed by atoms with Crippen LogP contribution in [-0.4, -0.2) is 10.2 Å². The summed E-state index contributed by atoms with van der Waals surface area (Å²) in [7, 11) is 0. The standard InChI is InChI=1S/C17H12ClN3OS/c1-10-6-8-11(9-7-10)19-17-21-20-16(22-17)15-14(18)12-4-2-3-5-13(12)23-15/h2-9H,1H3,(H,19,21). The summed E-state index contributed by atoms with van der Waals surface area (Å²) in [4.78, 5) is 0.789. The van der Waals surface area contributed by atoms with Crippen molar-refractivity contribution in [1.29, 1.82) is 0 Å². The Bertz CT molecular complexity index is 975. The maximum atomic E-state index is 6.44. The SMILES string of the molecule is Cc1ccc(Nc2nnc(-c3sc4ccccc4c3Cl)o2)cc1. The summed E-state index contributed by atoms with van der Waals surface area (Å²) >= 11 is 7.98. The lowest BCUT2D eigenvalue weighted by molar-refractivity contribution is 0.589. The molecule has 4 aromatic rings. The van der Waals surface area contributed by atoms with E-state index in [1.165, 1.54) is 5.56 Å². The highest BCUT2D eigenvalue weighted by molar-refractivity contribution is 7.23. The molecule has 6 heteroatoms. The lowest BCUT2D eigenvalue weighted by Gasteiger charge is -2.00. The van der Waals surface area contributed by atoms with Gasteiger partial charge in [-0.15, -0.1) is 16.4 Å². The van der Waals surface area contributed by atoms with E-state index in [0.717, 1.165) is 20.7 Å². The third-order valence-corrected chi connectivity index (χ3v) is 5.12. The molecule has 114 valence electrons. The molecule has 0 saturated heterocycles. The van der Waals surface area contributed by atoms with Crippen molar-refractivity contribution in [3.8, 4) is 10.8 Å². The summed E-state index contributed by atoms with van der Waals surface area (Å²) in [5.74, 6) is 0.422. The van der Waals surface area contributed by atoms with E-state index in [9.17, 15) is 0 Å². The Hall–Kier alpha value is -2.37. The van der Waals surface area contributed by atoms with Crippen LogP contribution >= 0.6 is 22.9 Å². The van der Waals surface area contributed by atoms with Gasteiger partial charge in [0, 0.05) is 15.8 Å². The fourth-order valence-electron chi connectivity index (χ4n) is 2.28. The van der Waals surface area contributed by atoms with E-state index in [2.05, 4.69) is 15.5 Å². The second-order valence-electron chi connectivity index (χ2n) is 5.14. The minimum absolute atomic E-state index is 0.345. The zero-order valence-corrected chi connectivity index (χ0v) is 13.8. The lowest BCUT2D eigenvalue weighted by Crippen LogP contribution is -1.89. The molecule has 0 aliphatic rings. The molecule has 0 radical (unpaired) electrons. The first kappa shape index (κ1) is 14.2. The van der Waals surface area contributed by atoms with Gasteiger partial charge >= 0.3 is 6.01 Å². The first-order chi connectivity index (χ1) is 11.2. The number of nitrogens with one attached hydrogen (secondary N) is 1. The van der Waals surface area contributed by atoms with Crippen molar-refractivity contribution in [3.05, 3.63) is 59.1 Å². The number of nitrogens with zero attached hydrogens (tertiary/aromatic N) is 2. The van der Waals surface area contributed by atoms with E-state index in [1.54, 1.807) is 11.3 Å². The predicted octanol–water partition coefficient (Wildman–Crippen LogP) is 5.66. The van der Waals surface area contributed by atoms with Gasteiger partial charge in [-0.05, 0) is 25.1 Å². The zero-order chi connectivity index (χ0) is 15.8. The van der Waals surface area contributed by atoms with Crippen molar-refractivity contribution in [2.45, 2.75) is 6.92 Å². The van der Waals surface area contributed by atoms with Crippen LogP contribution in [0.5, 0.6) is 0 Å². The summed E-state index contributed by atoms with van der Waals surface area (Å²) < 4.78 is 6.80. The normalized spacial score (nSPS) is 11.0. The average molecular weight is 342 g/mol. The van der Waals surface area contributed by atoms with Gasteiger partial charge in [0.1, 0.15) is 4.88 Å². The van der Waals surface area contributed by atoms with Gasteiger partial charge in [0.2, 0.25) is 0 Å². The van der Waals surface area contributed by atoms with Gasteiger partial charge in [0.05, 0.1) is 5.02 Å². The van der Waals surface area contributed by atoms with Crippen LogP contribution in [0.1, 0.15) is 5.56 Å². The van der Waals surface area contributed by atoms with Crippen LogP contribution in [0.3, 0.4) is 0 Å². The van der Waals surface area contributed by atoms with Gasteiger partial charge in [-0.2, -0.15) is 0 Å². The van der Waals surface area contributed by atoms with Crippen molar-refractivity contribution in [2.75, 3.05) is 5.32 Å². The summed E-state index contributed by atoms with van der Waals surface area (Å²) in [6, 6.07) is 16.3. The fourth-order valence-corrected chi connectivity index (χ4v) is 3.71. The molecular weight excluding hydrogens is 330 g/mol. The first-order valence-electron chi connectivity index (χ1n) is 7.05. The molecule has 2 heterocycles. The molecule has 4 nitrogen and oxygen atoms in total. The molecule has 0 amide bonds. The van der Waals surface area contributed by atoms with Gasteiger partial charge in [0.15, 0.2) is 0 Å². The second-order valence-corrected chi connectivity index (χ2v) is 6.57. The third kappa shape index (κ3) is 2.69. The number of aryl methyl sites for hydroxylation is 1. The average Bonchev–Trinajstić information content (AvgIpc) is 3.15. The van der Waals surface area contributed by atoms with Crippen LogP contribution in [0.4, 0.5) is 11.7 Å². The molecule has 2 aromatic heterocycles. The van der Waals surface area contributed by atoms with Gasteiger partial charge in [-0.3, -0.25) is 0 Å². The molecule has 0 unspecified atom stereocenters. The second kappa shape index (κ2) is 5.68. The molecule has 0 aliphatic carbocycles. The van der Waals surface area contributed by atoms with Crippen molar-refractivity contribution >= 4 is 44.7 Å². The fraction of sp³-hybridized carbons (Fsp3) is 0.0588. The van der Waals surface area contributed by atoms with E-state index in [0.29, 0.717) is 16.9 Å². The Morgan fingerprint density at radius 2 is 1.83 bits per heavy atom. The maximum Gasteiger partial charge on any atom is 0.320 e. The molecule has 23 heavy (non-hydrogen) atoms. The minimum atomic E-state index is 0.345. The summed E-state index contributed by atoms with van der Waals surface area (Å²) in [5.41, 5.74) is 2.09. The Labute approximate surface area is 141 Å². The number of rotatable bonds is 3. The third-order valence-electron chi connectivity index (χ3n) is 3.46. The summed E-state index contributed by atoms with van der Waals surface area (Å²) in [6.07, 6.45) is 0. The van der Waals surface area contributed by atoms with Gasteiger partial charge in [-0.1, -0.05) is 52.6 Å². The monoisotopic (exact) mass is 341 g/mol. The molecule has 0 bridgehead atoms. The molecular formula is C17H12ClN3OS.